The highest BCUT2D eigenvalue weighted by Crippen LogP contribution is 2.31. The minimum absolute atomic E-state index is 0.0222. The Morgan fingerprint density at radius 3 is 2.86 bits per heavy atom. The van der Waals surface area contributed by atoms with Crippen molar-refractivity contribution in [1.29, 1.82) is 0 Å². The van der Waals surface area contributed by atoms with Crippen LogP contribution in [0.5, 0.6) is 0 Å². The van der Waals surface area contributed by atoms with Crippen molar-refractivity contribution in [1.82, 2.24) is 19.7 Å². The number of carbonyl (C=O) groups is 1. The van der Waals surface area contributed by atoms with Gasteiger partial charge in [0.15, 0.2) is 0 Å². The molecule has 3 rings (SSSR count). The summed E-state index contributed by atoms with van der Waals surface area (Å²) in [7, 11) is 1.55. The van der Waals surface area contributed by atoms with Gasteiger partial charge in [-0.25, -0.2) is 4.68 Å². The van der Waals surface area contributed by atoms with Gasteiger partial charge < -0.3 is 4.90 Å². The van der Waals surface area contributed by atoms with Crippen LogP contribution in [0.15, 0.2) is 41.5 Å². The molecule has 0 N–H and O–H groups in total. The number of pyridine rings is 1. The van der Waals surface area contributed by atoms with E-state index in [-0.39, 0.29) is 17.5 Å². The van der Waals surface area contributed by atoms with Gasteiger partial charge in [0.05, 0.1) is 6.04 Å². The number of rotatable bonds is 2. The Morgan fingerprint density at radius 2 is 2.14 bits per heavy atom. The van der Waals surface area contributed by atoms with Gasteiger partial charge in [-0.05, 0) is 37.0 Å². The zero-order chi connectivity index (χ0) is 15.5. The van der Waals surface area contributed by atoms with E-state index in [1.54, 1.807) is 13.2 Å². The van der Waals surface area contributed by atoms with Crippen molar-refractivity contribution >= 4 is 5.91 Å². The number of likely N-dealkylation sites (tertiary alicyclic amines) is 1. The topological polar surface area (TPSA) is 68.1 Å². The fourth-order valence-corrected chi connectivity index (χ4v) is 2.86. The fourth-order valence-electron chi connectivity index (χ4n) is 2.86. The first-order valence-electron chi connectivity index (χ1n) is 7.42. The molecule has 1 atom stereocenters. The molecule has 22 heavy (non-hydrogen) atoms. The zero-order valence-electron chi connectivity index (χ0n) is 12.5. The van der Waals surface area contributed by atoms with Crippen LogP contribution in [0.4, 0.5) is 0 Å². The predicted octanol–water partition coefficient (Wildman–Crippen LogP) is 1.54. The second-order valence-corrected chi connectivity index (χ2v) is 5.48. The zero-order valence-corrected chi connectivity index (χ0v) is 12.5. The lowest BCUT2D eigenvalue weighted by Crippen LogP contribution is -2.39. The highest BCUT2D eigenvalue weighted by Gasteiger charge is 2.29. The standard InChI is InChI=1S/C16H18N4O2/c1-19-15(21)8-7-13(18-19)16(22)20-10-3-2-6-14(20)12-5-4-9-17-11-12/h4-5,7-9,11,14H,2-3,6,10H2,1H3/t14-/m0/s1. The molecule has 1 amide bonds. The first-order valence-corrected chi connectivity index (χ1v) is 7.42. The van der Waals surface area contributed by atoms with Crippen molar-refractivity contribution in [2.75, 3.05) is 6.54 Å². The van der Waals surface area contributed by atoms with Gasteiger partial charge in [-0.2, -0.15) is 5.10 Å². The average molecular weight is 298 g/mol. The fraction of sp³-hybridized carbons (Fsp3) is 0.375. The number of hydrogen-bond donors (Lipinski definition) is 0. The molecule has 0 saturated carbocycles. The van der Waals surface area contributed by atoms with Crippen molar-refractivity contribution < 1.29 is 4.79 Å². The molecule has 1 aliphatic rings. The second-order valence-electron chi connectivity index (χ2n) is 5.48. The summed E-state index contributed by atoms with van der Waals surface area (Å²) < 4.78 is 1.19. The quantitative estimate of drug-likeness (QED) is 0.843. The van der Waals surface area contributed by atoms with Gasteiger partial charge in [-0.3, -0.25) is 14.6 Å². The Morgan fingerprint density at radius 1 is 1.27 bits per heavy atom. The van der Waals surface area contributed by atoms with Crippen LogP contribution in [0.2, 0.25) is 0 Å². The van der Waals surface area contributed by atoms with E-state index in [0.717, 1.165) is 24.8 Å². The normalized spacial score (nSPS) is 18.2. The van der Waals surface area contributed by atoms with Crippen molar-refractivity contribution in [3.05, 3.63) is 58.3 Å². The highest BCUT2D eigenvalue weighted by molar-refractivity contribution is 5.92. The third kappa shape index (κ3) is 2.77. The molecular formula is C16H18N4O2. The van der Waals surface area contributed by atoms with Crippen LogP contribution in [0.25, 0.3) is 0 Å². The Kier molecular flexibility index (Phi) is 4.00. The molecule has 6 heteroatoms. The molecule has 0 radical (unpaired) electrons. The lowest BCUT2D eigenvalue weighted by molar-refractivity contribution is 0.0602. The molecule has 6 nitrogen and oxygen atoms in total. The third-order valence-corrected chi connectivity index (χ3v) is 4.01. The van der Waals surface area contributed by atoms with Crippen LogP contribution < -0.4 is 5.56 Å². The van der Waals surface area contributed by atoms with Gasteiger partial charge in [-0.15, -0.1) is 0 Å². The molecule has 3 heterocycles. The molecule has 0 spiro atoms. The minimum atomic E-state index is -0.223. The van der Waals surface area contributed by atoms with E-state index < -0.39 is 0 Å². The first-order chi connectivity index (χ1) is 10.7. The van der Waals surface area contributed by atoms with Gasteiger partial charge >= 0.3 is 0 Å². The van der Waals surface area contributed by atoms with E-state index in [0.29, 0.717) is 12.2 Å². The summed E-state index contributed by atoms with van der Waals surface area (Å²) in [4.78, 5) is 30.2. The largest absolute Gasteiger partial charge is 0.330 e. The molecule has 0 bridgehead atoms. The van der Waals surface area contributed by atoms with Crippen LogP contribution in [0.1, 0.15) is 41.4 Å². The SMILES string of the molecule is Cn1nc(C(=O)N2CCCC[C@H]2c2cccnc2)ccc1=O. The lowest BCUT2D eigenvalue weighted by Gasteiger charge is -2.35. The summed E-state index contributed by atoms with van der Waals surface area (Å²) in [6, 6.07) is 6.78. The maximum Gasteiger partial charge on any atom is 0.274 e. The number of amides is 1. The van der Waals surface area contributed by atoms with Crippen molar-refractivity contribution in [3.63, 3.8) is 0 Å². The van der Waals surface area contributed by atoms with Gasteiger partial charge in [0, 0.05) is 32.1 Å². The maximum absolute atomic E-state index is 12.8. The molecule has 2 aromatic rings. The van der Waals surface area contributed by atoms with Crippen LogP contribution >= 0.6 is 0 Å². The molecule has 1 saturated heterocycles. The number of carbonyl (C=O) groups excluding carboxylic acids is 1. The van der Waals surface area contributed by atoms with Gasteiger partial charge in [0.2, 0.25) is 0 Å². The number of aromatic nitrogens is 3. The molecule has 1 aliphatic heterocycles. The monoisotopic (exact) mass is 298 g/mol. The minimum Gasteiger partial charge on any atom is -0.330 e. The van der Waals surface area contributed by atoms with Crippen LogP contribution in [0.3, 0.4) is 0 Å². The van der Waals surface area contributed by atoms with Crippen molar-refractivity contribution in [2.45, 2.75) is 25.3 Å². The Bertz CT molecular complexity index is 726. The number of hydrogen-bond acceptors (Lipinski definition) is 4. The summed E-state index contributed by atoms with van der Waals surface area (Å²) in [6.07, 6.45) is 6.53. The number of aryl methyl sites for hydroxylation is 1. The Balaban J connectivity index is 1.91. The molecule has 0 aromatic carbocycles. The lowest BCUT2D eigenvalue weighted by atomic mass is 9.96. The van der Waals surface area contributed by atoms with Gasteiger partial charge in [-0.1, -0.05) is 6.07 Å². The Labute approximate surface area is 128 Å². The molecule has 114 valence electrons. The smallest absolute Gasteiger partial charge is 0.274 e. The number of nitrogens with zero attached hydrogens (tertiary/aromatic N) is 4. The van der Waals surface area contributed by atoms with Gasteiger partial charge in [0.25, 0.3) is 11.5 Å². The van der Waals surface area contributed by atoms with Crippen LogP contribution in [-0.2, 0) is 7.05 Å². The van der Waals surface area contributed by atoms with E-state index in [1.807, 2.05) is 23.2 Å². The summed E-state index contributed by atoms with van der Waals surface area (Å²) in [5.74, 6) is -0.135. The predicted molar refractivity (Wildman–Crippen MR) is 81.3 cm³/mol. The third-order valence-electron chi connectivity index (χ3n) is 4.01. The average Bonchev–Trinajstić information content (AvgIpc) is 2.57. The maximum atomic E-state index is 12.8. The van der Waals surface area contributed by atoms with Crippen LogP contribution in [0, 0.1) is 0 Å². The summed E-state index contributed by atoms with van der Waals surface area (Å²) >= 11 is 0. The second kappa shape index (κ2) is 6.09. The van der Waals surface area contributed by atoms with E-state index in [9.17, 15) is 9.59 Å². The summed E-state index contributed by atoms with van der Waals surface area (Å²) in [6.45, 7) is 0.697. The Hall–Kier alpha value is -2.50. The highest BCUT2D eigenvalue weighted by atomic mass is 16.2. The van der Waals surface area contributed by atoms with E-state index in [1.165, 1.54) is 16.8 Å². The molecule has 0 unspecified atom stereocenters. The molecule has 0 aliphatic carbocycles. The molecule has 1 fully saturated rings. The van der Waals surface area contributed by atoms with Crippen molar-refractivity contribution in [3.8, 4) is 0 Å². The summed E-state index contributed by atoms with van der Waals surface area (Å²) in [5, 5.41) is 4.07. The summed E-state index contributed by atoms with van der Waals surface area (Å²) in [5.41, 5.74) is 1.12. The first kappa shape index (κ1) is 14.4. The van der Waals surface area contributed by atoms with Crippen LogP contribution in [-0.4, -0.2) is 32.1 Å². The van der Waals surface area contributed by atoms with E-state index in [2.05, 4.69) is 10.1 Å². The molecule has 2 aromatic heterocycles. The van der Waals surface area contributed by atoms with E-state index in [4.69, 9.17) is 0 Å². The van der Waals surface area contributed by atoms with E-state index >= 15 is 0 Å². The number of piperidine rings is 1. The molecular weight excluding hydrogens is 280 g/mol. The van der Waals surface area contributed by atoms with Gasteiger partial charge in [0.1, 0.15) is 5.69 Å². The van der Waals surface area contributed by atoms with Crippen molar-refractivity contribution in [2.24, 2.45) is 7.05 Å².